The summed E-state index contributed by atoms with van der Waals surface area (Å²) in [6.07, 6.45) is 3.56. The number of benzene rings is 1. The number of aryl methyl sites for hydroxylation is 1. The molecule has 1 fully saturated rings. The van der Waals surface area contributed by atoms with E-state index in [-0.39, 0.29) is 0 Å². The fourth-order valence-corrected chi connectivity index (χ4v) is 3.29. The van der Waals surface area contributed by atoms with E-state index in [9.17, 15) is 4.79 Å². The number of carbonyl (C=O) groups excluding carboxylic acids is 1. The Bertz CT molecular complexity index is 599. The maximum Gasteiger partial charge on any atom is 0.132 e. The number of rotatable bonds is 1. The van der Waals surface area contributed by atoms with Crippen molar-refractivity contribution >= 4 is 16.7 Å². The standard InChI is InChI=1S/C16H19NO/c1-11-16(12-7-9-13(18)10-8-12)14-5-3-4-6-15(14)17(11)2/h3-6,12H,7-10H2,1-2H3. The fourth-order valence-electron chi connectivity index (χ4n) is 3.29. The average molecular weight is 241 g/mol. The van der Waals surface area contributed by atoms with E-state index in [4.69, 9.17) is 0 Å². The van der Waals surface area contributed by atoms with E-state index >= 15 is 0 Å². The molecule has 94 valence electrons. The van der Waals surface area contributed by atoms with E-state index in [0.717, 1.165) is 25.7 Å². The molecule has 0 N–H and O–H groups in total. The van der Waals surface area contributed by atoms with Gasteiger partial charge in [-0.3, -0.25) is 4.79 Å². The third-order valence-electron chi connectivity index (χ3n) is 4.40. The quantitative estimate of drug-likeness (QED) is 0.746. The zero-order valence-electron chi connectivity index (χ0n) is 11.1. The predicted molar refractivity (Wildman–Crippen MR) is 73.9 cm³/mol. The SMILES string of the molecule is Cc1c(C2CCC(=O)CC2)c2ccccc2n1C. The summed E-state index contributed by atoms with van der Waals surface area (Å²) >= 11 is 0. The summed E-state index contributed by atoms with van der Waals surface area (Å²) in [5.41, 5.74) is 4.14. The number of nitrogens with zero attached hydrogens (tertiary/aromatic N) is 1. The highest BCUT2D eigenvalue weighted by molar-refractivity contribution is 5.86. The average Bonchev–Trinajstić information content (AvgIpc) is 2.64. The Kier molecular flexibility index (Phi) is 2.73. The topological polar surface area (TPSA) is 22.0 Å². The number of carbonyl (C=O) groups is 1. The van der Waals surface area contributed by atoms with Gasteiger partial charge in [0, 0.05) is 36.5 Å². The molecule has 1 heterocycles. The first-order valence-corrected chi connectivity index (χ1v) is 6.74. The Labute approximate surface area is 108 Å². The molecule has 2 heteroatoms. The summed E-state index contributed by atoms with van der Waals surface area (Å²) in [6.45, 7) is 2.20. The largest absolute Gasteiger partial charge is 0.348 e. The molecule has 0 bridgehead atoms. The molecule has 0 radical (unpaired) electrons. The molecule has 0 aliphatic heterocycles. The lowest BCUT2D eigenvalue weighted by Gasteiger charge is -2.21. The van der Waals surface area contributed by atoms with E-state index in [1.165, 1.54) is 22.2 Å². The van der Waals surface area contributed by atoms with Gasteiger partial charge in [0.1, 0.15) is 5.78 Å². The summed E-state index contributed by atoms with van der Waals surface area (Å²) in [5.74, 6) is 0.998. The van der Waals surface area contributed by atoms with Gasteiger partial charge in [-0.15, -0.1) is 0 Å². The van der Waals surface area contributed by atoms with E-state index < -0.39 is 0 Å². The lowest BCUT2D eigenvalue weighted by atomic mass is 9.82. The third kappa shape index (κ3) is 1.67. The molecule has 1 aromatic carbocycles. The molecule has 0 unspecified atom stereocenters. The minimum atomic E-state index is 0.434. The van der Waals surface area contributed by atoms with Crippen molar-refractivity contribution in [2.24, 2.45) is 7.05 Å². The number of ketones is 1. The van der Waals surface area contributed by atoms with Crippen LogP contribution in [-0.2, 0) is 11.8 Å². The number of hydrogen-bond acceptors (Lipinski definition) is 1. The van der Waals surface area contributed by atoms with Crippen LogP contribution in [0.25, 0.3) is 10.9 Å². The second-order valence-corrected chi connectivity index (χ2v) is 5.39. The minimum absolute atomic E-state index is 0.434. The van der Waals surface area contributed by atoms with Crippen molar-refractivity contribution in [2.45, 2.75) is 38.5 Å². The first kappa shape index (κ1) is 11.5. The smallest absolute Gasteiger partial charge is 0.132 e. The van der Waals surface area contributed by atoms with Crippen LogP contribution in [0.3, 0.4) is 0 Å². The van der Waals surface area contributed by atoms with Gasteiger partial charge in [-0.2, -0.15) is 0 Å². The summed E-state index contributed by atoms with van der Waals surface area (Å²) in [7, 11) is 2.13. The van der Waals surface area contributed by atoms with Crippen molar-refractivity contribution < 1.29 is 4.79 Å². The number of aromatic nitrogens is 1. The van der Waals surface area contributed by atoms with E-state index in [0.29, 0.717) is 11.7 Å². The Morgan fingerprint density at radius 2 is 1.83 bits per heavy atom. The van der Waals surface area contributed by atoms with Gasteiger partial charge in [0.25, 0.3) is 0 Å². The Morgan fingerprint density at radius 3 is 2.56 bits per heavy atom. The van der Waals surface area contributed by atoms with E-state index in [2.05, 4.69) is 42.8 Å². The summed E-state index contributed by atoms with van der Waals surface area (Å²) < 4.78 is 2.28. The summed E-state index contributed by atoms with van der Waals surface area (Å²) in [5, 5.41) is 1.37. The van der Waals surface area contributed by atoms with Gasteiger partial charge in [-0.05, 0) is 37.3 Å². The highest BCUT2D eigenvalue weighted by Gasteiger charge is 2.25. The molecule has 1 aromatic heterocycles. The van der Waals surface area contributed by atoms with Crippen LogP contribution in [0.2, 0.25) is 0 Å². The molecule has 18 heavy (non-hydrogen) atoms. The Morgan fingerprint density at radius 1 is 1.17 bits per heavy atom. The minimum Gasteiger partial charge on any atom is -0.348 e. The van der Waals surface area contributed by atoms with Crippen LogP contribution in [-0.4, -0.2) is 10.4 Å². The number of fused-ring (bicyclic) bond motifs is 1. The van der Waals surface area contributed by atoms with Crippen molar-refractivity contribution in [1.29, 1.82) is 0 Å². The van der Waals surface area contributed by atoms with Crippen molar-refractivity contribution in [3.8, 4) is 0 Å². The molecule has 1 aliphatic rings. The van der Waals surface area contributed by atoms with Crippen molar-refractivity contribution in [3.63, 3.8) is 0 Å². The maximum absolute atomic E-state index is 11.4. The maximum atomic E-state index is 11.4. The Hall–Kier alpha value is -1.57. The molecule has 1 saturated carbocycles. The zero-order valence-corrected chi connectivity index (χ0v) is 11.1. The van der Waals surface area contributed by atoms with Gasteiger partial charge in [-0.1, -0.05) is 18.2 Å². The lowest BCUT2D eigenvalue weighted by molar-refractivity contribution is -0.120. The van der Waals surface area contributed by atoms with Gasteiger partial charge in [-0.25, -0.2) is 0 Å². The molecule has 3 rings (SSSR count). The summed E-state index contributed by atoms with van der Waals surface area (Å²) in [4.78, 5) is 11.4. The molecular formula is C16H19NO. The van der Waals surface area contributed by atoms with Gasteiger partial charge in [0.05, 0.1) is 0 Å². The normalized spacial score (nSPS) is 17.6. The van der Waals surface area contributed by atoms with Crippen LogP contribution in [0.15, 0.2) is 24.3 Å². The molecule has 0 atom stereocenters. The van der Waals surface area contributed by atoms with Gasteiger partial charge in [0.15, 0.2) is 0 Å². The molecule has 2 aromatic rings. The first-order chi connectivity index (χ1) is 8.68. The second kappa shape index (κ2) is 4.27. The van der Waals surface area contributed by atoms with Crippen LogP contribution in [0.4, 0.5) is 0 Å². The van der Waals surface area contributed by atoms with Crippen LogP contribution in [0.1, 0.15) is 42.9 Å². The first-order valence-electron chi connectivity index (χ1n) is 6.74. The van der Waals surface area contributed by atoms with Crippen molar-refractivity contribution in [2.75, 3.05) is 0 Å². The monoisotopic (exact) mass is 241 g/mol. The van der Waals surface area contributed by atoms with Crippen LogP contribution < -0.4 is 0 Å². The second-order valence-electron chi connectivity index (χ2n) is 5.39. The van der Waals surface area contributed by atoms with Gasteiger partial charge in [0.2, 0.25) is 0 Å². The molecule has 0 saturated heterocycles. The fraction of sp³-hybridized carbons (Fsp3) is 0.438. The highest BCUT2D eigenvalue weighted by Crippen LogP contribution is 2.38. The van der Waals surface area contributed by atoms with Crippen molar-refractivity contribution in [1.82, 2.24) is 4.57 Å². The highest BCUT2D eigenvalue weighted by atomic mass is 16.1. The lowest BCUT2D eigenvalue weighted by Crippen LogP contribution is -2.13. The van der Waals surface area contributed by atoms with Crippen LogP contribution in [0.5, 0.6) is 0 Å². The van der Waals surface area contributed by atoms with Crippen LogP contribution >= 0.6 is 0 Å². The third-order valence-corrected chi connectivity index (χ3v) is 4.40. The van der Waals surface area contributed by atoms with Gasteiger partial charge >= 0.3 is 0 Å². The Balaban J connectivity index is 2.11. The molecule has 2 nitrogen and oxygen atoms in total. The number of Topliss-reactive ketones (excluding diaryl/α,β-unsaturated/α-hetero) is 1. The van der Waals surface area contributed by atoms with Crippen LogP contribution in [0, 0.1) is 6.92 Å². The van der Waals surface area contributed by atoms with E-state index in [1.54, 1.807) is 0 Å². The zero-order chi connectivity index (χ0) is 12.7. The number of para-hydroxylation sites is 1. The summed E-state index contributed by atoms with van der Waals surface area (Å²) in [6, 6.07) is 8.60. The molecule has 1 aliphatic carbocycles. The van der Waals surface area contributed by atoms with E-state index in [1.807, 2.05) is 0 Å². The molecule has 0 amide bonds. The van der Waals surface area contributed by atoms with Gasteiger partial charge < -0.3 is 4.57 Å². The van der Waals surface area contributed by atoms with Crippen molar-refractivity contribution in [3.05, 3.63) is 35.5 Å². The molecular weight excluding hydrogens is 222 g/mol. The molecule has 0 spiro atoms. The number of hydrogen-bond donors (Lipinski definition) is 0. The predicted octanol–water partition coefficient (Wildman–Crippen LogP) is 3.71.